The van der Waals surface area contributed by atoms with Crippen molar-refractivity contribution in [3.8, 4) is 0 Å². The smallest absolute Gasteiger partial charge is 0.381 e. The van der Waals surface area contributed by atoms with Gasteiger partial charge in [-0.2, -0.15) is 8.78 Å². The number of nitrogens with zero attached hydrogens (tertiary/aromatic N) is 1. The van der Waals surface area contributed by atoms with Gasteiger partial charge in [0.25, 0.3) is 0 Å². The van der Waals surface area contributed by atoms with Gasteiger partial charge in [0.1, 0.15) is 0 Å². The molecular formula is C10H11F2NO2. The van der Waals surface area contributed by atoms with Gasteiger partial charge in [-0.25, -0.2) is 4.79 Å². The minimum absolute atomic E-state index is 0.0709. The summed E-state index contributed by atoms with van der Waals surface area (Å²) in [6.45, 7) is 2.88. The number of halogens is 2. The van der Waals surface area contributed by atoms with Crippen molar-refractivity contribution in [1.82, 2.24) is 4.98 Å². The Balaban J connectivity index is 3.05. The summed E-state index contributed by atoms with van der Waals surface area (Å²) in [6, 6.07) is 1.12. The van der Waals surface area contributed by atoms with E-state index >= 15 is 0 Å². The molecule has 0 aliphatic carbocycles. The van der Waals surface area contributed by atoms with Gasteiger partial charge in [-0.1, -0.05) is 0 Å². The van der Waals surface area contributed by atoms with Crippen LogP contribution in [-0.2, 0) is 15.5 Å². The lowest BCUT2D eigenvalue weighted by Crippen LogP contribution is -2.29. The van der Waals surface area contributed by atoms with Crippen LogP contribution in [0.25, 0.3) is 0 Å². The molecule has 1 heterocycles. The van der Waals surface area contributed by atoms with Crippen molar-refractivity contribution in [1.29, 1.82) is 0 Å². The molecule has 1 rings (SSSR count). The number of alkyl halides is 2. The fraction of sp³-hybridized carbons (Fsp3) is 0.400. The average molecular weight is 215 g/mol. The molecule has 1 aromatic rings. The fourth-order valence-corrected chi connectivity index (χ4v) is 1.16. The number of hydrogen-bond acceptors (Lipinski definition) is 3. The molecule has 5 heteroatoms. The Kier molecular flexibility index (Phi) is 3.34. The number of hydrogen-bond donors (Lipinski definition) is 0. The molecule has 0 aromatic carbocycles. The Hall–Kier alpha value is -1.52. The van der Waals surface area contributed by atoms with E-state index in [0.717, 1.165) is 6.07 Å². The van der Waals surface area contributed by atoms with Crippen LogP contribution in [0, 0.1) is 6.92 Å². The Bertz CT molecular complexity index is 366. The van der Waals surface area contributed by atoms with Crippen molar-refractivity contribution in [3.05, 3.63) is 29.6 Å². The van der Waals surface area contributed by atoms with Crippen molar-refractivity contribution >= 4 is 5.97 Å². The van der Waals surface area contributed by atoms with E-state index in [-0.39, 0.29) is 17.7 Å². The largest absolute Gasteiger partial charge is 0.461 e. The van der Waals surface area contributed by atoms with E-state index in [1.54, 1.807) is 0 Å². The summed E-state index contributed by atoms with van der Waals surface area (Å²) >= 11 is 0. The summed E-state index contributed by atoms with van der Waals surface area (Å²) in [4.78, 5) is 14.7. The zero-order valence-electron chi connectivity index (χ0n) is 8.46. The van der Waals surface area contributed by atoms with Crippen molar-refractivity contribution in [2.45, 2.75) is 19.8 Å². The van der Waals surface area contributed by atoms with Gasteiger partial charge in [0, 0.05) is 18.0 Å². The molecule has 0 N–H and O–H groups in total. The minimum Gasteiger partial charge on any atom is -0.461 e. The van der Waals surface area contributed by atoms with Crippen LogP contribution in [0.5, 0.6) is 0 Å². The van der Waals surface area contributed by atoms with Crippen LogP contribution in [0.1, 0.15) is 18.1 Å². The molecule has 0 fully saturated rings. The lowest BCUT2D eigenvalue weighted by atomic mass is 10.1. The molecule has 1 aromatic heterocycles. The van der Waals surface area contributed by atoms with Crippen molar-refractivity contribution in [3.63, 3.8) is 0 Å². The summed E-state index contributed by atoms with van der Waals surface area (Å²) in [5, 5.41) is 0. The molecule has 0 spiro atoms. The molecule has 0 radical (unpaired) electrons. The number of esters is 1. The lowest BCUT2D eigenvalue weighted by Gasteiger charge is -2.16. The van der Waals surface area contributed by atoms with Crippen LogP contribution in [-0.4, -0.2) is 17.6 Å². The quantitative estimate of drug-likeness (QED) is 0.724. The number of rotatable bonds is 3. The number of aromatic nitrogens is 1. The van der Waals surface area contributed by atoms with E-state index in [2.05, 4.69) is 9.72 Å². The van der Waals surface area contributed by atoms with E-state index in [0.29, 0.717) is 0 Å². The van der Waals surface area contributed by atoms with Crippen LogP contribution in [0.3, 0.4) is 0 Å². The molecule has 3 nitrogen and oxygen atoms in total. The van der Waals surface area contributed by atoms with E-state index < -0.39 is 11.9 Å². The third kappa shape index (κ3) is 2.29. The fourth-order valence-electron chi connectivity index (χ4n) is 1.16. The SMILES string of the molecule is CCOC(=O)C(F)(F)c1ccncc1C. The van der Waals surface area contributed by atoms with Gasteiger partial charge < -0.3 is 4.74 Å². The van der Waals surface area contributed by atoms with Crippen molar-refractivity contribution in [2.75, 3.05) is 6.61 Å². The molecule has 0 unspecified atom stereocenters. The van der Waals surface area contributed by atoms with E-state index in [4.69, 9.17) is 0 Å². The van der Waals surface area contributed by atoms with E-state index in [9.17, 15) is 13.6 Å². The van der Waals surface area contributed by atoms with Crippen LogP contribution in [0.4, 0.5) is 8.78 Å². The molecule has 0 bridgehead atoms. The van der Waals surface area contributed by atoms with Gasteiger partial charge >= 0.3 is 11.9 Å². The first-order valence-corrected chi connectivity index (χ1v) is 4.46. The maximum atomic E-state index is 13.5. The first-order valence-electron chi connectivity index (χ1n) is 4.46. The van der Waals surface area contributed by atoms with Crippen LogP contribution in [0.2, 0.25) is 0 Å². The average Bonchev–Trinajstić information content (AvgIpc) is 2.18. The van der Waals surface area contributed by atoms with Crippen molar-refractivity contribution in [2.24, 2.45) is 0 Å². The summed E-state index contributed by atoms with van der Waals surface area (Å²) in [7, 11) is 0. The number of pyridine rings is 1. The molecule has 82 valence electrons. The predicted molar refractivity (Wildman–Crippen MR) is 49.5 cm³/mol. The van der Waals surface area contributed by atoms with Gasteiger partial charge in [-0.15, -0.1) is 0 Å². The number of carbonyl (C=O) groups excluding carboxylic acids is 1. The van der Waals surface area contributed by atoms with Crippen molar-refractivity contribution < 1.29 is 18.3 Å². The van der Waals surface area contributed by atoms with Crippen LogP contribution in [0.15, 0.2) is 18.5 Å². The lowest BCUT2D eigenvalue weighted by molar-refractivity contribution is -0.173. The Morgan fingerprint density at radius 1 is 1.60 bits per heavy atom. The highest BCUT2D eigenvalue weighted by Gasteiger charge is 2.43. The Labute approximate surface area is 86.1 Å². The molecule has 0 aliphatic heterocycles. The maximum absolute atomic E-state index is 13.5. The summed E-state index contributed by atoms with van der Waals surface area (Å²) in [6.07, 6.45) is 2.50. The highest BCUT2D eigenvalue weighted by Crippen LogP contribution is 2.31. The van der Waals surface area contributed by atoms with Gasteiger partial charge in [-0.05, 0) is 25.5 Å². The van der Waals surface area contributed by atoms with E-state index in [1.165, 1.54) is 26.2 Å². The first-order chi connectivity index (χ1) is 7.00. The monoisotopic (exact) mass is 215 g/mol. The maximum Gasteiger partial charge on any atom is 0.381 e. The molecule has 0 saturated heterocycles. The number of aryl methyl sites for hydroxylation is 1. The van der Waals surface area contributed by atoms with Crippen LogP contribution >= 0.6 is 0 Å². The zero-order valence-corrected chi connectivity index (χ0v) is 8.46. The van der Waals surface area contributed by atoms with Gasteiger partial charge in [0.15, 0.2) is 0 Å². The molecule has 15 heavy (non-hydrogen) atoms. The third-order valence-electron chi connectivity index (χ3n) is 1.89. The third-order valence-corrected chi connectivity index (χ3v) is 1.89. The molecule has 0 atom stereocenters. The molecule has 0 aliphatic rings. The molecule has 0 amide bonds. The first kappa shape index (κ1) is 11.6. The van der Waals surface area contributed by atoms with E-state index in [1.807, 2.05) is 0 Å². The Morgan fingerprint density at radius 3 is 2.80 bits per heavy atom. The highest BCUT2D eigenvalue weighted by molar-refractivity contribution is 5.79. The minimum atomic E-state index is -3.61. The topological polar surface area (TPSA) is 39.2 Å². The normalized spacial score (nSPS) is 11.2. The van der Waals surface area contributed by atoms with Gasteiger partial charge in [-0.3, -0.25) is 4.98 Å². The summed E-state index contributed by atoms with van der Waals surface area (Å²) in [5.41, 5.74) is -0.105. The predicted octanol–water partition coefficient (Wildman–Crippen LogP) is 2.04. The number of carbonyl (C=O) groups is 1. The summed E-state index contributed by atoms with van der Waals surface area (Å²) in [5.74, 6) is -5.14. The molecular weight excluding hydrogens is 204 g/mol. The highest BCUT2D eigenvalue weighted by atomic mass is 19.3. The number of ether oxygens (including phenoxy) is 1. The second kappa shape index (κ2) is 4.33. The van der Waals surface area contributed by atoms with Gasteiger partial charge in [0.05, 0.1) is 6.61 Å². The second-order valence-electron chi connectivity index (χ2n) is 2.99. The summed E-state index contributed by atoms with van der Waals surface area (Å²) < 4.78 is 31.3. The van der Waals surface area contributed by atoms with Gasteiger partial charge in [0.2, 0.25) is 0 Å². The Morgan fingerprint density at radius 2 is 2.27 bits per heavy atom. The standard InChI is InChI=1S/C10H11F2NO2/c1-3-15-9(14)10(11,12)8-4-5-13-6-7(8)2/h4-6H,3H2,1-2H3. The molecule has 0 saturated carbocycles. The zero-order chi connectivity index (χ0) is 11.5. The van der Waals surface area contributed by atoms with Crippen LogP contribution < -0.4 is 0 Å². The second-order valence-corrected chi connectivity index (χ2v) is 2.99.